The number of ether oxygens (including phenoxy) is 1. The van der Waals surface area contributed by atoms with Crippen molar-refractivity contribution in [3.63, 3.8) is 0 Å². The zero-order valence-electron chi connectivity index (χ0n) is 16.4. The van der Waals surface area contributed by atoms with Gasteiger partial charge in [0.15, 0.2) is 5.96 Å². The molecule has 152 valence electrons. The van der Waals surface area contributed by atoms with Crippen molar-refractivity contribution in [2.24, 2.45) is 4.99 Å². The summed E-state index contributed by atoms with van der Waals surface area (Å²) in [4.78, 5) is 18.3. The number of guanidine groups is 1. The number of hydrogen-bond acceptors (Lipinski definition) is 3. The molecule has 0 saturated heterocycles. The molecule has 1 amide bonds. The number of nitrogens with zero attached hydrogens (tertiary/aromatic N) is 2. The first-order valence-electron chi connectivity index (χ1n) is 8.97. The first-order chi connectivity index (χ1) is 12.3. The van der Waals surface area contributed by atoms with E-state index in [-0.39, 0.29) is 41.9 Å². The summed E-state index contributed by atoms with van der Waals surface area (Å²) in [5.74, 6) is 0.382. The van der Waals surface area contributed by atoms with Crippen LogP contribution in [0.2, 0.25) is 0 Å². The van der Waals surface area contributed by atoms with Crippen LogP contribution in [0.5, 0.6) is 0 Å². The number of carbonyl (C=O) groups is 1. The van der Waals surface area contributed by atoms with Gasteiger partial charge in [0.2, 0.25) is 0 Å². The zero-order chi connectivity index (χ0) is 19.2. The lowest BCUT2D eigenvalue weighted by Gasteiger charge is -2.27. The zero-order valence-corrected chi connectivity index (χ0v) is 18.7. The molecule has 0 bridgehead atoms. The first-order valence-corrected chi connectivity index (χ1v) is 8.97. The fraction of sp³-hybridized carbons (Fsp3) is 0.579. The van der Waals surface area contributed by atoms with Gasteiger partial charge in [-0.3, -0.25) is 4.99 Å². The molecule has 0 aliphatic heterocycles. The van der Waals surface area contributed by atoms with Crippen LogP contribution in [-0.2, 0) is 11.3 Å². The van der Waals surface area contributed by atoms with Crippen LogP contribution in [-0.4, -0.2) is 48.7 Å². The van der Waals surface area contributed by atoms with Crippen LogP contribution in [0.3, 0.4) is 0 Å². The maximum absolute atomic E-state index is 12.9. The van der Waals surface area contributed by atoms with Gasteiger partial charge in [-0.2, -0.15) is 0 Å². The SMILES string of the molecule is CN=C(NCCN(C(=O)OC(C)(C)C)C1CC1)NCc1ccc(F)cc1.I. The number of amides is 1. The smallest absolute Gasteiger partial charge is 0.410 e. The molecule has 1 aromatic rings. The monoisotopic (exact) mass is 492 g/mol. The Morgan fingerprint density at radius 1 is 1.26 bits per heavy atom. The van der Waals surface area contributed by atoms with Gasteiger partial charge in [0.1, 0.15) is 11.4 Å². The molecule has 1 fully saturated rings. The average Bonchev–Trinajstić information content (AvgIpc) is 3.39. The van der Waals surface area contributed by atoms with Crippen molar-refractivity contribution >= 4 is 36.0 Å². The molecule has 1 saturated carbocycles. The van der Waals surface area contributed by atoms with E-state index in [0.29, 0.717) is 25.6 Å². The summed E-state index contributed by atoms with van der Waals surface area (Å²) >= 11 is 0. The summed E-state index contributed by atoms with van der Waals surface area (Å²) in [7, 11) is 1.69. The Hall–Kier alpha value is -1.58. The van der Waals surface area contributed by atoms with E-state index in [9.17, 15) is 9.18 Å². The topological polar surface area (TPSA) is 66.0 Å². The van der Waals surface area contributed by atoms with Gasteiger partial charge in [-0.05, 0) is 51.3 Å². The number of aliphatic imine (C=N–C) groups is 1. The second-order valence-electron chi connectivity index (χ2n) is 7.38. The number of hydrogen-bond donors (Lipinski definition) is 2. The molecule has 2 N–H and O–H groups in total. The van der Waals surface area contributed by atoms with Crippen molar-refractivity contribution in [2.75, 3.05) is 20.1 Å². The van der Waals surface area contributed by atoms with E-state index in [0.717, 1.165) is 18.4 Å². The number of halogens is 2. The quantitative estimate of drug-likeness (QED) is 0.363. The third kappa shape index (κ3) is 8.77. The van der Waals surface area contributed by atoms with Gasteiger partial charge < -0.3 is 20.3 Å². The Kier molecular flexibility index (Phi) is 9.28. The van der Waals surface area contributed by atoms with E-state index in [1.807, 2.05) is 20.8 Å². The fourth-order valence-electron chi connectivity index (χ4n) is 2.43. The van der Waals surface area contributed by atoms with E-state index < -0.39 is 5.60 Å². The summed E-state index contributed by atoms with van der Waals surface area (Å²) in [5.41, 5.74) is 0.465. The van der Waals surface area contributed by atoms with E-state index in [1.54, 1.807) is 24.1 Å². The second-order valence-corrected chi connectivity index (χ2v) is 7.38. The van der Waals surface area contributed by atoms with Gasteiger partial charge in [-0.25, -0.2) is 9.18 Å². The Bertz CT molecular complexity index is 628. The number of carbonyl (C=O) groups excluding carboxylic acids is 1. The van der Waals surface area contributed by atoms with Crippen LogP contribution in [0.15, 0.2) is 29.3 Å². The van der Waals surface area contributed by atoms with Crippen LogP contribution < -0.4 is 10.6 Å². The first kappa shape index (κ1) is 23.5. The lowest BCUT2D eigenvalue weighted by atomic mass is 10.2. The second kappa shape index (κ2) is 10.7. The molecular formula is C19H30FIN4O2. The van der Waals surface area contributed by atoms with Crippen LogP contribution in [0, 0.1) is 5.82 Å². The third-order valence-corrected chi connectivity index (χ3v) is 3.86. The standard InChI is InChI=1S/C19H29FN4O2.HI/c1-19(2,3)26-18(25)24(16-9-10-16)12-11-22-17(21-4)23-13-14-5-7-15(20)8-6-14;/h5-8,16H,9-13H2,1-4H3,(H2,21,22,23);1H. The van der Waals surface area contributed by atoms with Gasteiger partial charge in [-0.15, -0.1) is 24.0 Å². The number of nitrogens with one attached hydrogen (secondary N) is 2. The summed E-state index contributed by atoms with van der Waals surface area (Å²) in [6, 6.07) is 6.60. The maximum Gasteiger partial charge on any atom is 0.410 e. The van der Waals surface area contributed by atoms with Gasteiger partial charge in [0.25, 0.3) is 0 Å². The minimum absolute atomic E-state index is 0. The molecule has 0 unspecified atom stereocenters. The van der Waals surface area contributed by atoms with Crippen LogP contribution >= 0.6 is 24.0 Å². The van der Waals surface area contributed by atoms with Crippen LogP contribution in [0.25, 0.3) is 0 Å². The van der Waals surface area contributed by atoms with E-state index >= 15 is 0 Å². The lowest BCUT2D eigenvalue weighted by Crippen LogP contribution is -2.45. The highest BCUT2D eigenvalue weighted by molar-refractivity contribution is 14.0. The van der Waals surface area contributed by atoms with E-state index in [4.69, 9.17) is 4.74 Å². The van der Waals surface area contributed by atoms with Crippen molar-refractivity contribution in [1.29, 1.82) is 0 Å². The Morgan fingerprint density at radius 2 is 1.89 bits per heavy atom. The van der Waals surface area contributed by atoms with Gasteiger partial charge >= 0.3 is 6.09 Å². The molecule has 8 heteroatoms. The molecule has 2 rings (SSSR count). The van der Waals surface area contributed by atoms with Crippen LogP contribution in [0.4, 0.5) is 9.18 Å². The molecule has 0 heterocycles. The Balaban J connectivity index is 0.00000364. The molecule has 0 atom stereocenters. The van der Waals surface area contributed by atoms with Crippen molar-refractivity contribution in [2.45, 2.75) is 51.8 Å². The summed E-state index contributed by atoms with van der Waals surface area (Å²) in [6.07, 6.45) is 1.78. The van der Waals surface area contributed by atoms with E-state index in [2.05, 4.69) is 15.6 Å². The number of benzene rings is 1. The molecule has 0 spiro atoms. The highest BCUT2D eigenvalue weighted by Crippen LogP contribution is 2.27. The minimum atomic E-state index is -0.496. The summed E-state index contributed by atoms with van der Waals surface area (Å²) < 4.78 is 18.4. The van der Waals surface area contributed by atoms with Crippen molar-refractivity contribution < 1.29 is 13.9 Å². The Labute approximate surface area is 178 Å². The van der Waals surface area contributed by atoms with Crippen molar-refractivity contribution in [3.8, 4) is 0 Å². The van der Waals surface area contributed by atoms with Crippen molar-refractivity contribution in [1.82, 2.24) is 15.5 Å². The van der Waals surface area contributed by atoms with Crippen LogP contribution in [0.1, 0.15) is 39.2 Å². The van der Waals surface area contributed by atoms with Gasteiger partial charge in [0.05, 0.1) is 0 Å². The summed E-state index contributed by atoms with van der Waals surface area (Å²) in [6.45, 7) is 7.27. The summed E-state index contributed by atoms with van der Waals surface area (Å²) in [5, 5.41) is 6.37. The number of rotatable bonds is 6. The molecule has 0 aromatic heterocycles. The minimum Gasteiger partial charge on any atom is -0.444 e. The highest BCUT2D eigenvalue weighted by atomic mass is 127. The molecular weight excluding hydrogens is 462 g/mol. The Morgan fingerprint density at radius 3 is 2.41 bits per heavy atom. The predicted octanol–water partition coefficient (Wildman–Crippen LogP) is 3.51. The van der Waals surface area contributed by atoms with E-state index in [1.165, 1.54) is 12.1 Å². The van der Waals surface area contributed by atoms with Gasteiger partial charge in [0, 0.05) is 32.7 Å². The molecule has 27 heavy (non-hydrogen) atoms. The van der Waals surface area contributed by atoms with Gasteiger partial charge in [-0.1, -0.05) is 12.1 Å². The maximum atomic E-state index is 12.9. The fourth-order valence-corrected chi connectivity index (χ4v) is 2.43. The molecule has 6 nitrogen and oxygen atoms in total. The molecule has 1 aliphatic carbocycles. The third-order valence-electron chi connectivity index (χ3n) is 3.86. The largest absolute Gasteiger partial charge is 0.444 e. The molecule has 1 aliphatic rings. The molecule has 1 aromatic carbocycles. The normalized spacial score (nSPS) is 14.2. The van der Waals surface area contributed by atoms with Crippen molar-refractivity contribution in [3.05, 3.63) is 35.6 Å². The predicted molar refractivity (Wildman–Crippen MR) is 116 cm³/mol. The average molecular weight is 492 g/mol. The molecule has 0 radical (unpaired) electrons. The highest BCUT2D eigenvalue weighted by Gasteiger charge is 2.34. The lowest BCUT2D eigenvalue weighted by molar-refractivity contribution is 0.0238.